The summed E-state index contributed by atoms with van der Waals surface area (Å²) in [5, 5.41) is 14.3. The predicted molar refractivity (Wildman–Crippen MR) is 170 cm³/mol. The first-order valence-electron chi connectivity index (χ1n) is 14.8. The normalized spacial score (nSPS) is 16.6. The lowest BCUT2D eigenvalue weighted by atomic mass is 9.73. The molecule has 1 spiro atoms. The zero-order valence-corrected chi connectivity index (χ0v) is 25.1. The van der Waals surface area contributed by atoms with Gasteiger partial charge in [0.05, 0.1) is 33.9 Å². The third-order valence-electron chi connectivity index (χ3n) is 8.80. The van der Waals surface area contributed by atoms with E-state index in [2.05, 4.69) is 15.6 Å². The molecule has 10 heteroatoms. The van der Waals surface area contributed by atoms with E-state index < -0.39 is 5.82 Å². The number of anilines is 1. The molecule has 0 bridgehead atoms. The maximum Gasteiger partial charge on any atom is 0.256 e. The van der Waals surface area contributed by atoms with Gasteiger partial charge in [0.2, 0.25) is 0 Å². The van der Waals surface area contributed by atoms with Gasteiger partial charge in [0.1, 0.15) is 28.7 Å². The average Bonchev–Trinajstić information content (AvgIpc) is 3.74. The minimum absolute atomic E-state index is 0.193. The van der Waals surface area contributed by atoms with Crippen LogP contribution in [0, 0.1) is 18.6 Å². The number of nitrogens with zero attached hydrogens (tertiary/aromatic N) is 4. The van der Waals surface area contributed by atoms with Crippen molar-refractivity contribution >= 4 is 33.8 Å². The third kappa shape index (κ3) is 4.95. The zero-order chi connectivity index (χ0) is 30.7. The Kier molecular flexibility index (Phi) is 6.49. The molecule has 45 heavy (non-hydrogen) atoms. The van der Waals surface area contributed by atoms with Crippen molar-refractivity contribution < 1.29 is 18.3 Å². The molecule has 1 N–H and O–H groups in total. The molecule has 1 aliphatic heterocycles. The first kappa shape index (κ1) is 27.6. The zero-order valence-electron chi connectivity index (χ0n) is 24.3. The Labute approximate surface area is 261 Å². The van der Waals surface area contributed by atoms with Crippen molar-refractivity contribution in [1.29, 1.82) is 0 Å². The molecular formula is C35H27F2N5O2S. The van der Waals surface area contributed by atoms with Crippen molar-refractivity contribution in [3.8, 4) is 27.6 Å². The highest BCUT2D eigenvalue weighted by atomic mass is 32.1. The quantitative estimate of drug-likeness (QED) is 0.210. The summed E-state index contributed by atoms with van der Waals surface area (Å²) in [7, 11) is 0. The van der Waals surface area contributed by atoms with Crippen LogP contribution < -0.4 is 10.1 Å². The van der Waals surface area contributed by atoms with Gasteiger partial charge in [-0.05, 0) is 92.2 Å². The van der Waals surface area contributed by atoms with Gasteiger partial charge in [-0.2, -0.15) is 0 Å². The molecule has 7 nitrogen and oxygen atoms in total. The highest BCUT2D eigenvalue weighted by Gasteiger charge is 2.46. The smallest absolute Gasteiger partial charge is 0.256 e. The lowest BCUT2D eigenvalue weighted by Gasteiger charge is -2.47. The van der Waals surface area contributed by atoms with Crippen LogP contribution in [-0.2, 0) is 0 Å². The van der Waals surface area contributed by atoms with Crippen LogP contribution >= 0.6 is 11.3 Å². The van der Waals surface area contributed by atoms with Crippen molar-refractivity contribution in [2.75, 3.05) is 5.32 Å². The number of benzene rings is 3. The van der Waals surface area contributed by atoms with Crippen LogP contribution in [0.2, 0.25) is 0 Å². The minimum Gasteiger partial charge on any atom is -0.487 e. The van der Waals surface area contributed by atoms with Crippen LogP contribution in [0.1, 0.15) is 53.2 Å². The third-order valence-corrected chi connectivity index (χ3v) is 9.69. The summed E-state index contributed by atoms with van der Waals surface area (Å²) in [6, 6.07) is 20.1. The van der Waals surface area contributed by atoms with E-state index in [9.17, 15) is 9.18 Å². The lowest BCUT2D eigenvalue weighted by Crippen LogP contribution is -2.48. The Morgan fingerprint density at radius 2 is 1.93 bits per heavy atom. The summed E-state index contributed by atoms with van der Waals surface area (Å²) in [5.74, 6) is -0.555. The number of pyridine rings is 1. The molecule has 1 amide bonds. The van der Waals surface area contributed by atoms with E-state index in [0.717, 1.165) is 35.1 Å². The van der Waals surface area contributed by atoms with Gasteiger partial charge >= 0.3 is 0 Å². The average molecular weight is 620 g/mol. The molecule has 0 unspecified atom stereocenters. The fourth-order valence-corrected chi connectivity index (χ4v) is 7.04. The van der Waals surface area contributed by atoms with Gasteiger partial charge in [-0.25, -0.2) is 18.4 Å². The Bertz CT molecular complexity index is 2110. The van der Waals surface area contributed by atoms with Crippen LogP contribution in [0.25, 0.3) is 32.7 Å². The first-order chi connectivity index (χ1) is 21.8. The number of hydrogen-bond acceptors (Lipinski definition) is 6. The van der Waals surface area contributed by atoms with E-state index in [1.54, 1.807) is 40.4 Å². The van der Waals surface area contributed by atoms with E-state index in [1.165, 1.54) is 24.3 Å². The number of fused-ring (bicyclic) bond motifs is 2. The molecule has 0 radical (unpaired) electrons. The first-order valence-corrected chi connectivity index (χ1v) is 15.7. The summed E-state index contributed by atoms with van der Waals surface area (Å²) in [6.07, 6.45) is 5.20. The number of ether oxygens (including phenoxy) is 1. The summed E-state index contributed by atoms with van der Waals surface area (Å²) in [5.41, 5.74) is 4.19. The van der Waals surface area contributed by atoms with Crippen LogP contribution in [0.5, 0.6) is 5.75 Å². The van der Waals surface area contributed by atoms with Crippen LogP contribution in [-0.4, -0.2) is 31.5 Å². The topological polar surface area (TPSA) is 81.9 Å². The standard InChI is InChI=1S/C35H27F2N5O2S/c1-20-5-9-28-23(14-20)24(17-29(39-28)33-4-2-13-45-33)34(43)38-22-7-8-27(37)25(16-22)30-19-42(41-40-30)31-18-35(11-3-12-35)44-32-10-6-21(36)15-26(31)32/h2,4-10,13-17,19,31H,3,11-12,18H2,1H3,(H,38,43)/t31-/m1/s1. The maximum atomic E-state index is 15.2. The van der Waals surface area contributed by atoms with Crippen molar-refractivity contribution in [3.63, 3.8) is 0 Å². The summed E-state index contributed by atoms with van der Waals surface area (Å²) >= 11 is 1.55. The van der Waals surface area contributed by atoms with Crippen molar-refractivity contribution in [2.24, 2.45) is 0 Å². The second-order valence-electron chi connectivity index (χ2n) is 11.8. The Balaban J connectivity index is 1.12. The maximum absolute atomic E-state index is 15.2. The number of thiophene rings is 1. The fourth-order valence-electron chi connectivity index (χ4n) is 6.35. The molecule has 1 atom stereocenters. The number of aromatic nitrogens is 4. The van der Waals surface area contributed by atoms with E-state index >= 15 is 4.39 Å². The molecule has 1 fully saturated rings. The number of hydrogen-bond donors (Lipinski definition) is 1. The molecule has 8 rings (SSSR count). The molecule has 3 aromatic carbocycles. The summed E-state index contributed by atoms with van der Waals surface area (Å²) < 4.78 is 37.5. The highest BCUT2D eigenvalue weighted by molar-refractivity contribution is 7.13. The molecule has 2 aliphatic rings. The predicted octanol–water partition coefficient (Wildman–Crippen LogP) is 8.36. The number of carbonyl (C=O) groups excluding carboxylic acids is 1. The van der Waals surface area contributed by atoms with Gasteiger partial charge in [-0.3, -0.25) is 4.79 Å². The Morgan fingerprint density at radius 3 is 2.73 bits per heavy atom. The molecule has 224 valence electrons. The monoisotopic (exact) mass is 619 g/mol. The molecular weight excluding hydrogens is 592 g/mol. The molecule has 6 aromatic rings. The van der Waals surface area contributed by atoms with E-state index in [-0.39, 0.29) is 28.9 Å². The molecule has 1 saturated carbocycles. The van der Waals surface area contributed by atoms with Crippen LogP contribution in [0.4, 0.5) is 14.5 Å². The lowest BCUT2D eigenvalue weighted by molar-refractivity contribution is -0.0379. The van der Waals surface area contributed by atoms with Gasteiger partial charge in [-0.1, -0.05) is 22.9 Å². The van der Waals surface area contributed by atoms with Crippen LogP contribution in [0.15, 0.2) is 84.4 Å². The second kappa shape index (κ2) is 10.6. The van der Waals surface area contributed by atoms with Gasteiger partial charge in [0.25, 0.3) is 5.91 Å². The molecule has 4 heterocycles. The fraction of sp³-hybridized carbons (Fsp3) is 0.200. The van der Waals surface area contributed by atoms with Gasteiger partial charge < -0.3 is 10.1 Å². The number of aryl methyl sites for hydroxylation is 1. The SMILES string of the molecule is Cc1ccc2nc(-c3cccs3)cc(C(=O)Nc3ccc(F)c(-c4cn([C@@H]5CC6(CCC6)Oc6ccc(F)cc65)nn4)c3)c2c1. The molecule has 1 aliphatic carbocycles. The second-order valence-corrected chi connectivity index (χ2v) is 12.8. The molecule has 0 saturated heterocycles. The van der Waals surface area contributed by atoms with E-state index in [1.807, 2.05) is 42.6 Å². The van der Waals surface area contributed by atoms with Gasteiger partial charge in [0.15, 0.2) is 0 Å². The number of nitrogens with one attached hydrogen (secondary N) is 1. The highest BCUT2D eigenvalue weighted by Crippen LogP contribution is 2.50. The largest absolute Gasteiger partial charge is 0.487 e. The number of rotatable bonds is 5. The Morgan fingerprint density at radius 1 is 1.04 bits per heavy atom. The van der Waals surface area contributed by atoms with Crippen molar-refractivity contribution in [3.05, 3.63) is 113 Å². The van der Waals surface area contributed by atoms with Crippen molar-refractivity contribution in [2.45, 2.75) is 44.2 Å². The summed E-state index contributed by atoms with van der Waals surface area (Å²) in [6.45, 7) is 1.97. The number of carbonyl (C=O) groups is 1. The molecule has 3 aromatic heterocycles. The Hall–Kier alpha value is -4.96. The minimum atomic E-state index is -0.501. The number of halogens is 2. The summed E-state index contributed by atoms with van der Waals surface area (Å²) in [4.78, 5) is 19.5. The van der Waals surface area contributed by atoms with E-state index in [0.29, 0.717) is 45.9 Å². The van der Waals surface area contributed by atoms with Crippen molar-refractivity contribution in [1.82, 2.24) is 20.0 Å². The van der Waals surface area contributed by atoms with Crippen LogP contribution in [0.3, 0.4) is 0 Å². The van der Waals surface area contributed by atoms with E-state index in [4.69, 9.17) is 9.72 Å². The number of amides is 1. The van der Waals surface area contributed by atoms with Gasteiger partial charge in [0, 0.05) is 28.6 Å². The van der Waals surface area contributed by atoms with Gasteiger partial charge in [-0.15, -0.1) is 16.4 Å².